The zero-order valence-corrected chi connectivity index (χ0v) is 47.4. The molecule has 3 aliphatic rings. The number of benzene rings is 2. The summed E-state index contributed by atoms with van der Waals surface area (Å²) >= 11 is 1.56. The number of aryl methyl sites for hydroxylation is 1. The standard InChI is InChI=1S/C57H71FN12O11S/c1-36-50(82-35-61-36)39-7-5-37(6-8-39)27-60-54(74)46-26-42(71)31-70(46)56(76)51(57(2,3)4)66-48(72)33-80-23-21-78-19-17-77-18-20-79-22-24-81-34-49(73)67-13-15-68(16-14-67)55(75)40-11-12-44(43(58)25-40)64-52-53-59-30-47(41-28-62-63-29-41)69(53)32-45(65-52)38-9-10-38/h5-8,11-12,25,28-30,32,35,38,42,46,51,71H,9-10,13-24,26-27,31,33-34H2,1-4H3,(H,60,74)(H,62,63)(H,64,65)(H,66,72)/t42-,46+,51-/m1/s1. The van der Waals surface area contributed by atoms with E-state index < -0.39 is 41.2 Å². The number of hydrogen-bond acceptors (Lipinski definition) is 17. The molecule has 1 aliphatic carbocycles. The Morgan fingerprint density at radius 2 is 1.51 bits per heavy atom. The van der Waals surface area contributed by atoms with Crippen LogP contribution in [-0.2, 0) is 49.4 Å². The van der Waals surface area contributed by atoms with Crippen LogP contribution in [0.25, 0.3) is 27.3 Å². The first kappa shape index (κ1) is 59.4. The van der Waals surface area contributed by atoms with E-state index in [0.717, 1.165) is 51.5 Å². The lowest BCUT2D eigenvalue weighted by Gasteiger charge is -2.35. The molecule has 25 heteroatoms. The van der Waals surface area contributed by atoms with Crippen molar-refractivity contribution < 1.29 is 57.2 Å². The van der Waals surface area contributed by atoms with E-state index >= 15 is 4.39 Å². The summed E-state index contributed by atoms with van der Waals surface area (Å²) in [7, 11) is 0. The lowest BCUT2D eigenvalue weighted by molar-refractivity contribution is -0.144. The van der Waals surface area contributed by atoms with Crippen molar-refractivity contribution in [1.82, 2.24) is 54.9 Å². The van der Waals surface area contributed by atoms with Crippen LogP contribution in [0, 0.1) is 18.2 Å². The van der Waals surface area contributed by atoms with E-state index in [-0.39, 0.29) is 108 Å². The smallest absolute Gasteiger partial charge is 0.254 e. The molecule has 3 fully saturated rings. The minimum atomic E-state index is -0.988. The Morgan fingerprint density at radius 1 is 0.841 bits per heavy atom. The van der Waals surface area contributed by atoms with Crippen molar-refractivity contribution in [2.24, 2.45) is 5.41 Å². The lowest BCUT2D eigenvalue weighted by Crippen LogP contribution is -2.58. The minimum absolute atomic E-state index is 0.0345. The van der Waals surface area contributed by atoms with E-state index in [1.807, 2.05) is 62.6 Å². The first-order chi connectivity index (χ1) is 39.6. The van der Waals surface area contributed by atoms with Gasteiger partial charge in [0.1, 0.15) is 31.1 Å². The summed E-state index contributed by atoms with van der Waals surface area (Å²) in [6, 6.07) is 10.2. The Bertz CT molecular complexity index is 3140. The highest BCUT2D eigenvalue weighted by Crippen LogP contribution is 2.41. The van der Waals surface area contributed by atoms with Gasteiger partial charge in [0.05, 0.1) is 105 Å². The number of halogens is 1. The van der Waals surface area contributed by atoms with Crippen molar-refractivity contribution in [2.45, 2.75) is 77.6 Å². The van der Waals surface area contributed by atoms with Gasteiger partial charge in [-0.05, 0) is 54.5 Å². The highest BCUT2D eigenvalue weighted by Gasteiger charge is 2.44. The van der Waals surface area contributed by atoms with Crippen LogP contribution in [0.2, 0.25) is 0 Å². The van der Waals surface area contributed by atoms with Crippen LogP contribution < -0.4 is 16.0 Å². The van der Waals surface area contributed by atoms with Gasteiger partial charge in [0.15, 0.2) is 11.5 Å². The molecule has 3 atom stereocenters. The number of rotatable bonds is 27. The number of carbonyl (C=O) groups is 5. The van der Waals surface area contributed by atoms with Gasteiger partial charge in [-0.15, -0.1) is 11.3 Å². The van der Waals surface area contributed by atoms with Crippen LogP contribution in [0.15, 0.2) is 72.8 Å². The van der Waals surface area contributed by atoms with E-state index in [4.69, 9.17) is 28.7 Å². The van der Waals surface area contributed by atoms with Gasteiger partial charge in [0, 0.05) is 75.1 Å². The number of fused-ring (bicyclic) bond motifs is 1. The van der Waals surface area contributed by atoms with Crippen LogP contribution in [0.4, 0.5) is 15.9 Å². The number of hydrogen-bond donors (Lipinski definition) is 5. The van der Waals surface area contributed by atoms with E-state index in [1.54, 1.807) is 51.3 Å². The maximum Gasteiger partial charge on any atom is 0.254 e. The summed E-state index contributed by atoms with van der Waals surface area (Å²) in [5.41, 5.74) is 7.41. The van der Waals surface area contributed by atoms with Gasteiger partial charge >= 0.3 is 0 Å². The molecule has 9 rings (SSSR count). The monoisotopic (exact) mass is 1150 g/mol. The molecule has 0 radical (unpaired) electrons. The Kier molecular flexibility index (Phi) is 20.0. The first-order valence-electron chi connectivity index (χ1n) is 27.6. The molecule has 2 saturated heterocycles. The van der Waals surface area contributed by atoms with E-state index in [1.165, 1.54) is 17.0 Å². The van der Waals surface area contributed by atoms with Crippen LogP contribution in [0.1, 0.15) is 73.3 Å². The number of H-pyrrole nitrogens is 1. The molecule has 6 heterocycles. The summed E-state index contributed by atoms with van der Waals surface area (Å²) in [6.45, 7) is 10.3. The summed E-state index contributed by atoms with van der Waals surface area (Å²) in [5.74, 6) is -1.77. The third-order valence-electron chi connectivity index (χ3n) is 14.3. The molecule has 0 spiro atoms. The van der Waals surface area contributed by atoms with Crippen LogP contribution in [0.3, 0.4) is 0 Å². The lowest BCUT2D eigenvalue weighted by atomic mass is 9.85. The quantitative estimate of drug-likeness (QED) is 0.0445. The van der Waals surface area contributed by atoms with E-state index in [9.17, 15) is 29.1 Å². The number of aliphatic hydroxyl groups is 1. The number of likely N-dealkylation sites (tertiary alicyclic amines) is 1. The summed E-state index contributed by atoms with van der Waals surface area (Å²) < 4.78 is 45.3. The zero-order chi connectivity index (χ0) is 57.8. The highest BCUT2D eigenvalue weighted by molar-refractivity contribution is 7.13. The summed E-state index contributed by atoms with van der Waals surface area (Å²) in [6.07, 6.45) is 8.44. The van der Waals surface area contributed by atoms with Gasteiger partial charge in [-0.2, -0.15) is 5.10 Å². The van der Waals surface area contributed by atoms with Crippen LogP contribution >= 0.6 is 11.3 Å². The number of carbonyl (C=O) groups excluding carboxylic acids is 5. The van der Waals surface area contributed by atoms with Crippen molar-refractivity contribution in [1.29, 1.82) is 0 Å². The fourth-order valence-corrected chi connectivity index (χ4v) is 10.5. The number of piperazine rings is 1. The third-order valence-corrected chi connectivity index (χ3v) is 15.3. The van der Waals surface area contributed by atoms with Crippen LogP contribution in [-0.4, -0.2) is 196 Å². The predicted molar refractivity (Wildman–Crippen MR) is 300 cm³/mol. The summed E-state index contributed by atoms with van der Waals surface area (Å²) in [5, 5.41) is 26.2. The molecule has 5 N–H and O–H groups in total. The number of aliphatic hydroxyl groups excluding tert-OH is 1. The molecule has 2 aromatic carbocycles. The molecule has 0 bridgehead atoms. The average Bonchev–Trinajstić information content (AvgIpc) is 4.04. The predicted octanol–water partition coefficient (Wildman–Crippen LogP) is 4.49. The largest absolute Gasteiger partial charge is 0.391 e. The van der Waals surface area contributed by atoms with Crippen molar-refractivity contribution >= 4 is 58.0 Å². The van der Waals surface area contributed by atoms with E-state index in [0.29, 0.717) is 50.3 Å². The molecule has 23 nitrogen and oxygen atoms in total. The number of amides is 5. The maximum atomic E-state index is 15.6. The minimum Gasteiger partial charge on any atom is -0.391 e. The number of imidazole rings is 1. The number of thiazole rings is 1. The SMILES string of the molecule is Cc1ncsc1-c1ccc(CNC(=O)[C@@H]2C[C@@H](O)CN2C(=O)[C@@H](NC(=O)COCCOCCOCCOCCOCC(=O)N2CCN(C(=O)c3ccc(Nc4nc(C5CC5)cn5c(-c6cn[nH]c6)cnc45)c(F)c3)CC2)C(C)(C)C)cc1. The van der Waals surface area contributed by atoms with Crippen LogP contribution in [0.5, 0.6) is 0 Å². The normalized spacial score (nSPS) is 16.9. The molecule has 1 saturated carbocycles. The number of aromatic nitrogens is 6. The second-order valence-corrected chi connectivity index (χ2v) is 22.3. The number of nitrogens with zero attached hydrogens (tertiary/aromatic N) is 8. The zero-order valence-electron chi connectivity index (χ0n) is 46.6. The fourth-order valence-electron chi connectivity index (χ4n) is 9.67. The molecular weight excluding hydrogens is 1080 g/mol. The summed E-state index contributed by atoms with van der Waals surface area (Å²) in [4.78, 5) is 86.0. The third kappa shape index (κ3) is 15.4. The van der Waals surface area contributed by atoms with Crippen molar-refractivity contribution in [3.05, 3.63) is 101 Å². The number of ether oxygens (including phenoxy) is 5. The van der Waals surface area contributed by atoms with Gasteiger partial charge < -0.3 is 59.4 Å². The van der Waals surface area contributed by atoms with Gasteiger partial charge in [0.2, 0.25) is 23.6 Å². The van der Waals surface area contributed by atoms with Crippen molar-refractivity contribution in [2.75, 3.05) is 104 Å². The molecule has 6 aromatic rings. The highest BCUT2D eigenvalue weighted by atomic mass is 32.1. The molecule has 5 amide bonds. The molecular formula is C57H71FN12O11S. The van der Waals surface area contributed by atoms with E-state index in [2.05, 4.69) is 36.1 Å². The second-order valence-electron chi connectivity index (χ2n) is 21.5. The van der Waals surface area contributed by atoms with Crippen molar-refractivity contribution in [3.8, 4) is 21.7 Å². The Balaban J connectivity index is 0.588. The fraction of sp³-hybridized carbons (Fsp3) is 0.491. The number of anilines is 2. The van der Waals surface area contributed by atoms with Gasteiger partial charge in [-0.25, -0.2) is 19.3 Å². The van der Waals surface area contributed by atoms with Gasteiger partial charge in [-0.1, -0.05) is 45.0 Å². The maximum absolute atomic E-state index is 15.6. The average molecular weight is 1150 g/mol. The second kappa shape index (κ2) is 27.7. The van der Waals surface area contributed by atoms with Gasteiger partial charge in [-0.3, -0.25) is 33.5 Å². The first-order valence-corrected chi connectivity index (χ1v) is 28.4. The molecule has 82 heavy (non-hydrogen) atoms. The number of β-amino-alcohol motifs (C(OH)–C–C–N with tert-alkyl or cyclic N) is 1. The molecule has 0 unspecified atom stereocenters. The number of nitrogens with one attached hydrogen (secondary N) is 4. The number of aromatic amines is 1. The Morgan fingerprint density at radius 3 is 2.13 bits per heavy atom. The molecule has 4 aromatic heterocycles. The van der Waals surface area contributed by atoms with Gasteiger partial charge in [0.25, 0.3) is 5.91 Å². The Hall–Kier alpha value is -7.26. The Labute approximate surface area is 478 Å². The molecule has 2 aliphatic heterocycles. The topological polar surface area (TPSA) is 269 Å². The molecule has 438 valence electrons. The van der Waals surface area contributed by atoms with Crippen molar-refractivity contribution in [3.63, 3.8) is 0 Å².